The molecule has 0 unspecified atom stereocenters. The normalized spacial score (nSPS) is 12.6. The standard InChI is InChI=1S/C31H39N3O6S/c1-7-23(3)32-31(36)24(4)33(20-25-15-13-22(2)14-16-25)30(35)21-34(26-11-9-8-10-12-26)41(37,38)27-17-18-28(39-5)29(19-27)40-6/h8-19,23-24H,7,20-21H2,1-6H3,(H,32,36)/t23-,24-/m0/s1. The molecule has 0 spiro atoms. The molecule has 3 rings (SSSR count). The zero-order valence-electron chi connectivity index (χ0n) is 24.5. The number of carbonyl (C=O) groups excluding carboxylic acids is 2. The van der Waals surface area contributed by atoms with Gasteiger partial charge in [-0.1, -0.05) is 55.0 Å². The number of hydrogen-bond donors (Lipinski definition) is 1. The first-order valence-corrected chi connectivity index (χ1v) is 14.9. The SMILES string of the molecule is CC[C@H](C)NC(=O)[C@H](C)N(Cc1ccc(C)cc1)C(=O)CN(c1ccccc1)S(=O)(=O)c1ccc(OC)c(OC)c1. The zero-order chi connectivity index (χ0) is 30.2. The number of nitrogens with one attached hydrogen (secondary N) is 1. The van der Waals surface area contributed by atoms with Crippen molar-refractivity contribution in [2.45, 2.75) is 57.6 Å². The predicted octanol–water partition coefficient (Wildman–Crippen LogP) is 4.54. The molecule has 9 nitrogen and oxygen atoms in total. The van der Waals surface area contributed by atoms with Crippen LogP contribution in [-0.2, 0) is 26.2 Å². The molecule has 0 saturated heterocycles. The minimum absolute atomic E-state index is 0.0700. The van der Waals surface area contributed by atoms with Crippen LogP contribution in [0.3, 0.4) is 0 Å². The van der Waals surface area contributed by atoms with Gasteiger partial charge in [0.25, 0.3) is 10.0 Å². The number of aryl methyl sites for hydroxylation is 1. The summed E-state index contributed by atoms with van der Waals surface area (Å²) in [5, 5.41) is 2.93. The lowest BCUT2D eigenvalue weighted by Gasteiger charge is -2.32. The summed E-state index contributed by atoms with van der Waals surface area (Å²) < 4.78 is 39.7. The van der Waals surface area contributed by atoms with Crippen LogP contribution >= 0.6 is 0 Å². The second-order valence-corrected chi connectivity index (χ2v) is 11.7. The van der Waals surface area contributed by atoms with E-state index in [0.29, 0.717) is 11.4 Å². The molecule has 1 N–H and O–H groups in total. The van der Waals surface area contributed by atoms with Crippen molar-refractivity contribution in [2.24, 2.45) is 0 Å². The van der Waals surface area contributed by atoms with Crippen molar-refractivity contribution in [1.29, 1.82) is 0 Å². The van der Waals surface area contributed by atoms with Gasteiger partial charge < -0.3 is 19.7 Å². The number of methoxy groups -OCH3 is 2. The van der Waals surface area contributed by atoms with Crippen molar-refractivity contribution in [3.63, 3.8) is 0 Å². The molecule has 0 bridgehead atoms. The fourth-order valence-corrected chi connectivity index (χ4v) is 5.60. The quantitative estimate of drug-likeness (QED) is 0.318. The summed E-state index contributed by atoms with van der Waals surface area (Å²) in [5.74, 6) is -0.220. The first-order valence-electron chi connectivity index (χ1n) is 13.5. The van der Waals surface area contributed by atoms with Crippen LogP contribution in [0.5, 0.6) is 11.5 Å². The molecule has 0 saturated carbocycles. The topological polar surface area (TPSA) is 105 Å². The summed E-state index contributed by atoms with van der Waals surface area (Å²) in [6.45, 7) is 7.08. The molecule has 0 aliphatic heterocycles. The third-order valence-corrected chi connectivity index (χ3v) is 8.68. The zero-order valence-corrected chi connectivity index (χ0v) is 25.3. The van der Waals surface area contributed by atoms with Gasteiger partial charge in [-0.25, -0.2) is 8.42 Å². The highest BCUT2D eigenvalue weighted by Gasteiger charge is 2.33. The molecule has 0 aliphatic carbocycles. The number of ether oxygens (including phenoxy) is 2. The summed E-state index contributed by atoms with van der Waals surface area (Å²) in [6.07, 6.45) is 0.732. The Kier molecular flexibility index (Phi) is 10.8. The first-order chi connectivity index (χ1) is 19.5. The summed E-state index contributed by atoms with van der Waals surface area (Å²) in [6, 6.07) is 19.4. The molecule has 2 amide bonds. The Morgan fingerprint density at radius 3 is 2.12 bits per heavy atom. The lowest BCUT2D eigenvalue weighted by atomic mass is 10.1. The van der Waals surface area contributed by atoms with Gasteiger partial charge in [0.1, 0.15) is 12.6 Å². The van der Waals surface area contributed by atoms with E-state index in [4.69, 9.17) is 9.47 Å². The Morgan fingerprint density at radius 1 is 0.902 bits per heavy atom. The molecule has 0 aromatic heterocycles. The predicted molar refractivity (Wildman–Crippen MR) is 160 cm³/mol. The highest BCUT2D eigenvalue weighted by Crippen LogP contribution is 2.32. The third-order valence-electron chi connectivity index (χ3n) is 6.91. The fourth-order valence-electron chi connectivity index (χ4n) is 4.17. The smallest absolute Gasteiger partial charge is 0.264 e. The van der Waals surface area contributed by atoms with E-state index in [9.17, 15) is 18.0 Å². The highest BCUT2D eigenvalue weighted by molar-refractivity contribution is 7.92. The Morgan fingerprint density at radius 2 is 1.54 bits per heavy atom. The lowest BCUT2D eigenvalue weighted by Crippen LogP contribution is -2.52. The number of benzene rings is 3. The second kappa shape index (κ2) is 14.0. The van der Waals surface area contributed by atoms with Crippen molar-refractivity contribution in [3.8, 4) is 11.5 Å². The number of nitrogens with zero attached hydrogens (tertiary/aromatic N) is 2. The Balaban J connectivity index is 2.03. The van der Waals surface area contributed by atoms with Gasteiger partial charge in [0.05, 0.1) is 24.8 Å². The van der Waals surface area contributed by atoms with E-state index in [-0.39, 0.29) is 29.1 Å². The molecule has 220 valence electrons. The number of carbonyl (C=O) groups is 2. The molecule has 10 heteroatoms. The maximum atomic E-state index is 14.0. The van der Waals surface area contributed by atoms with Crippen molar-refractivity contribution in [3.05, 3.63) is 83.9 Å². The summed E-state index contributed by atoms with van der Waals surface area (Å²) in [5.41, 5.74) is 2.19. The molecule has 3 aromatic rings. The van der Waals surface area contributed by atoms with Gasteiger partial charge in [-0.15, -0.1) is 0 Å². The molecule has 41 heavy (non-hydrogen) atoms. The molecule has 0 heterocycles. The van der Waals surface area contributed by atoms with E-state index in [0.717, 1.165) is 21.9 Å². The van der Waals surface area contributed by atoms with Crippen LogP contribution < -0.4 is 19.1 Å². The maximum absolute atomic E-state index is 14.0. The molecule has 0 radical (unpaired) electrons. The first kappa shape index (κ1) is 31.5. The summed E-state index contributed by atoms with van der Waals surface area (Å²) in [4.78, 5) is 28.5. The van der Waals surface area contributed by atoms with Crippen molar-refractivity contribution >= 4 is 27.5 Å². The average molecular weight is 582 g/mol. The van der Waals surface area contributed by atoms with E-state index in [1.807, 2.05) is 45.0 Å². The van der Waals surface area contributed by atoms with Crippen LogP contribution in [0.15, 0.2) is 77.7 Å². The highest BCUT2D eigenvalue weighted by atomic mass is 32.2. The number of sulfonamides is 1. The van der Waals surface area contributed by atoms with Gasteiger partial charge in [0, 0.05) is 18.7 Å². The fraction of sp³-hybridized carbons (Fsp3) is 0.355. The number of amides is 2. The minimum atomic E-state index is -4.24. The van der Waals surface area contributed by atoms with Crippen LogP contribution in [-0.4, -0.2) is 58.0 Å². The third kappa shape index (κ3) is 7.79. The molecular weight excluding hydrogens is 542 g/mol. The van der Waals surface area contributed by atoms with Crippen molar-refractivity contribution < 1.29 is 27.5 Å². The average Bonchev–Trinajstić information content (AvgIpc) is 2.98. The number of para-hydroxylation sites is 1. The van der Waals surface area contributed by atoms with E-state index < -0.39 is 28.5 Å². The largest absolute Gasteiger partial charge is 0.493 e. The molecular formula is C31H39N3O6S. The molecule has 3 aromatic carbocycles. The van der Waals surface area contributed by atoms with Crippen molar-refractivity contribution in [1.82, 2.24) is 10.2 Å². The van der Waals surface area contributed by atoms with Crippen LogP contribution in [0, 0.1) is 6.92 Å². The van der Waals surface area contributed by atoms with Gasteiger partial charge in [-0.3, -0.25) is 13.9 Å². The van der Waals surface area contributed by atoms with Crippen LogP contribution in [0.4, 0.5) is 5.69 Å². The molecule has 0 aliphatic rings. The van der Waals surface area contributed by atoms with E-state index in [1.54, 1.807) is 37.3 Å². The lowest BCUT2D eigenvalue weighted by molar-refractivity contribution is -0.139. The number of rotatable bonds is 13. The minimum Gasteiger partial charge on any atom is -0.493 e. The Bertz CT molecular complexity index is 1430. The van der Waals surface area contributed by atoms with E-state index in [1.165, 1.54) is 37.3 Å². The van der Waals surface area contributed by atoms with Gasteiger partial charge in [-0.05, 0) is 57.0 Å². The van der Waals surface area contributed by atoms with Gasteiger partial charge in [0.15, 0.2) is 11.5 Å². The van der Waals surface area contributed by atoms with Gasteiger partial charge >= 0.3 is 0 Å². The number of hydrogen-bond acceptors (Lipinski definition) is 6. The summed E-state index contributed by atoms with van der Waals surface area (Å²) >= 11 is 0. The van der Waals surface area contributed by atoms with E-state index >= 15 is 0 Å². The van der Waals surface area contributed by atoms with Crippen LogP contribution in [0.2, 0.25) is 0 Å². The van der Waals surface area contributed by atoms with Crippen LogP contribution in [0.25, 0.3) is 0 Å². The van der Waals surface area contributed by atoms with Crippen LogP contribution in [0.1, 0.15) is 38.3 Å². The van der Waals surface area contributed by atoms with Gasteiger partial charge in [-0.2, -0.15) is 0 Å². The number of anilines is 1. The van der Waals surface area contributed by atoms with Crippen molar-refractivity contribution in [2.75, 3.05) is 25.1 Å². The van der Waals surface area contributed by atoms with E-state index in [2.05, 4.69) is 5.32 Å². The molecule has 0 fully saturated rings. The Hall–Kier alpha value is -4.05. The second-order valence-electron chi connectivity index (χ2n) is 9.87. The maximum Gasteiger partial charge on any atom is 0.264 e. The van der Waals surface area contributed by atoms with Gasteiger partial charge in [0.2, 0.25) is 11.8 Å². The Labute approximate surface area is 243 Å². The molecule has 2 atom stereocenters. The monoisotopic (exact) mass is 581 g/mol. The summed E-state index contributed by atoms with van der Waals surface area (Å²) in [7, 11) is -1.36.